The monoisotopic (exact) mass is 268 g/mol. The van der Waals surface area contributed by atoms with E-state index in [0.717, 1.165) is 17.7 Å². The fourth-order valence-electron chi connectivity index (χ4n) is 1.45. The van der Waals surface area contributed by atoms with Crippen molar-refractivity contribution in [1.82, 2.24) is 4.98 Å². The molecule has 1 heterocycles. The Bertz CT molecular complexity index is 452. The molecular formula is C12H16N2O3S. The topological polar surface area (TPSA) is 74.4 Å². The number of ether oxygens (including phenoxy) is 2. The number of hydrogen-bond donors (Lipinski definition) is 1. The number of rotatable bonds is 5. The Morgan fingerprint density at radius 2 is 2.44 bits per heavy atom. The second-order valence-corrected chi connectivity index (χ2v) is 5.04. The highest BCUT2D eigenvalue weighted by atomic mass is 32.1. The molecule has 1 saturated carbocycles. The van der Waals surface area contributed by atoms with E-state index in [1.807, 2.05) is 0 Å². The Balaban J connectivity index is 1.96. The second kappa shape index (κ2) is 5.86. The third-order valence-electron chi connectivity index (χ3n) is 2.63. The zero-order chi connectivity index (χ0) is 13.0. The smallest absolute Gasteiger partial charge is 0.354 e. The molecule has 18 heavy (non-hydrogen) atoms. The molecule has 2 N–H and O–H groups in total. The largest absolute Gasteiger partial charge is 0.467 e. The average Bonchev–Trinajstić information content (AvgIpc) is 2.71. The highest BCUT2D eigenvalue weighted by molar-refractivity contribution is 7.14. The van der Waals surface area contributed by atoms with E-state index in [4.69, 9.17) is 15.2 Å². The van der Waals surface area contributed by atoms with Gasteiger partial charge in [0.25, 0.3) is 5.19 Å². The molecule has 0 spiro atoms. The van der Waals surface area contributed by atoms with Crippen LogP contribution in [0.2, 0.25) is 0 Å². The number of nitrogens with two attached hydrogens (primary N) is 1. The summed E-state index contributed by atoms with van der Waals surface area (Å²) in [7, 11) is 0. The normalized spacial score (nSPS) is 16.2. The maximum atomic E-state index is 11.3. The molecule has 0 saturated heterocycles. The fourth-order valence-corrected chi connectivity index (χ4v) is 2.23. The Labute approximate surface area is 110 Å². The summed E-state index contributed by atoms with van der Waals surface area (Å²) in [5, 5.41) is 0.627. The van der Waals surface area contributed by atoms with Crippen molar-refractivity contribution in [3.63, 3.8) is 0 Å². The van der Waals surface area contributed by atoms with Gasteiger partial charge in [-0.05, 0) is 32.3 Å². The van der Waals surface area contributed by atoms with Crippen LogP contribution in [0.5, 0.6) is 5.19 Å². The summed E-state index contributed by atoms with van der Waals surface area (Å²) in [6, 6.07) is 0. The lowest BCUT2D eigenvalue weighted by Gasteiger charge is -2.24. The molecule has 0 atom stereocenters. The van der Waals surface area contributed by atoms with Gasteiger partial charge in [-0.15, -0.1) is 0 Å². The molecule has 6 heteroatoms. The number of carbonyl (C=O) groups excluding carboxylic acids is 1. The summed E-state index contributed by atoms with van der Waals surface area (Å²) in [5.74, 6) is -0.507. The van der Waals surface area contributed by atoms with Gasteiger partial charge in [-0.25, -0.2) is 9.78 Å². The van der Waals surface area contributed by atoms with E-state index in [-0.39, 0.29) is 5.70 Å². The minimum Gasteiger partial charge on any atom is -0.467 e. The summed E-state index contributed by atoms with van der Waals surface area (Å²) < 4.78 is 10.4. The number of hydrogen-bond acceptors (Lipinski definition) is 6. The highest BCUT2D eigenvalue weighted by Crippen LogP contribution is 2.28. The van der Waals surface area contributed by atoms with E-state index in [9.17, 15) is 4.79 Å². The van der Waals surface area contributed by atoms with Crippen LogP contribution in [0.3, 0.4) is 0 Å². The molecule has 1 fully saturated rings. The number of nitrogens with zero attached hydrogens (tertiary/aromatic N) is 1. The van der Waals surface area contributed by atoms with Crippen LogP contribution in [-0.4, -0.2) is 23.7 Å². The van der Waals surface area contributed by atoms with E-state index >= 15 is 0 Å². The van der Waals surface area contributed by atoms with Gasteiger partial charge in [0, 0.05) is 6.20 Å². The minimum absolute atomic E-state index is 0.0793. The summed E-state index contributed by atoms with van der Waals surface area (Å²) in [6.07, 6.45) is 6.91. The molecule has 1 aliphatic carbocycles. The Hall–Kier alpha value is -1.56. The van der Waals surface area contributed by atoms with Gasteiger partial charge in [-0.2, -0.15) is 0 Å². The summed E-state index contributed by atoms with van der Waals surface area (Å²) in [5.41, 5.74) is 5.69. The average molecular weight is 268 g/mol. The maximum absolute atomic E-state index is 11.3. The predicted octanol–water partition coefficient (Wildman–Crippen LogP) is 1.94. The quantitative estimate of drug-likeness (QED) is 0.652. The van der Waals surface area contributed by atoms with Crippen molar-refractivity contribution in [1.29, 1.82) is 0 Å². The SMILES string of the molecule is CCOC(=O)/C(N)=C/c1cnc(OC2CCC2)s1. The van der Waals surface area contributed by atoms with Gasteiger partial charge in [-0.1, -0.05) is 11.3 Å². The highest BCUT2D eigenvalue weighted by Gasteiger charge is 2.20. The van der Waals surface area contributed by atoms with Gasteiger partial charge < -0.3 is 15.2 Å². The fraction of sp³-hybridized carbons (Fsp3) is 0.500. The lowest BCUT2D eigenvalue weighted by molar-refractivity contribution is -0.138. The molecule has 5 nitrogen and oxygen atoms in total. The maximum Gasteiger partial charge on any atom is 0.354 e. The molecule has 1 aromatic heterocycles. The van der Waals surface area contributed by atoms with Crippen LogP contribution in [0.15, 0.2) is 11.9 Å². The first-order valence-electron chi connectivity index (χ1n) is 5.96. The summed E-state index contributed by atoms with van der Waals surface area (Å²) in [6.45, 7) is 2.05. The predicted molar refractivity (Wildman–Crippen MR) is 69.2 cm³/mol. The molecule has 0 unspecified atom stereocenters. The van der Waals surface area contributed by atoms with Gasteiger partial charge in [0.15, 0.2) is 0 Å². The van der Waals surface area contributed by atoms with Crippen LogP contribution in [0.25, 0.3) is 6.08 Å². The van der Waals surface area contributed by atoms with E-state index < -0.39 is 5.97 Å². The first-order valence-corrected chi connectivity index (χ1v) is 6.77. The number of aromatic nitrogens is 1. The van der Waals surface area contributed by atoms with Gasteiger partial charge >= 0.3 is 5.97 Å². The van der Waals surface area contributed by atoms with E-state index in [0.29, 0.717) is 17.9 Å². The van der Waals surface area contributed by atoms with Gasteiger partial charge in [-0.3, -0.25) is 0 Å². The molecule has 0 bridgehead atoms. The third-order valence-corrected chi connectivity index (χ3v) is 3.47. The lowest BCUT2D eigenvalue weighted by Crippen LogP contribution is -2.24. The molecule has 1 aromatic rings. The second-order valence-electron chi connectivity index (χ2n) is 4.02. The van der Waals surface area contributed by atoms with Crippen LogP contribution < -0.4 is 10.5 Å². The van der Waals surface area contributed by atoms with Crippen LogP contribution in [0.1, 0.15) is 31.1 Å². The Kier molecular flexibility index (Phi) is 4.19. The zero-order valence-corrected chi connectivity index (χ0v) is 11.0. The lowest BCUT2D eigenvalue weighted by atomic mass is 9.96. The first-order chi connectivity index (χ1) is 8.69. The van der Waals surface area contributed by atoms with E-state index in [1.54, 1.807) is 19.2 Å². The van der Waals surface area contributed by atoms with Crippen molar-refractivity contribution in [2.45, 2.75) is 32.3 Å². The van der Waals surface area contributed by atoms with Crippen LogP contribution in [0.4, 0.5) is 0 Å². The number of esters is 1. The molecule has 0 radical (unpaired) electrons. The summed E-state index contributed by atoms with van der Waals surface area (Å²) >= 11 is 1.38. The number of thiazole rings is 1. The molecule has 1 aliphatic rings. The van der Waals surface area contributed by atoms with E-state index in [1.165, 1.54) is 17.8 Å². The van der Waals surface area contributed by atoms with E-state index in [2.05, 4.69) is 4.98 Å². The standard InChI is InChI=1S/C12H16N2O3S/c1-2-16-11(15)10(13)6-9-7-14-12(18-9)17-8-4-3-5-8/h6-8H,2-5,13H2,1H3/b10-6-. The van der Waals surface area contributed by atoms with Crippen LogP contribution in [0, 0.1) is 0 Å². The van der Waals surface area contributed by atoms with Crippen molar-refractivity contribution in [2.75, 3.05) is 6.61 Å². The van der Waals surface area contributed by atoms with Gasteiger partial charge in [0.2, 0.25) is 0 Å². The van der Waals surface area contributed by atoms with Crippen LogP contribution in [-0.2, 0) is 9.53 Å². The van der Waals surface area contributed by atoms with Crippen molar-refractivity contribution in [3.8, 4) is 5.19 Å². The summed E-state index contributed by atoms with van der Waals surface area (Å²) in [4.78, 5) is 16.3. The van der Waals surface area contributed by atoms with Crippen molar-refractivity contribution < 1.29 is 14.3 Å². The van der Waals surface area contributed by atoms with Gasteiger partial charge in [0.05, 0.1) is 11.5 Å². The molecule has 0 amide bonds. The zero-order valence-electron chi connectivity index (χ0n) is 10.2. The minimum atomic E-state index is -0.507. The van der Waals surface area contributed by atoms with Crippen molar-refractivity contribution in [3.05, 3.63) is 16.8 Å². The van der Waals surface area contributed by atoms with Crippen molar-refractivity contribution in [2.24, 2.45) is 5.73 Å². The molecule has 0 aliphatic heterocycles. The van der Waals surface area contributed by atoms with Gasteiger partial charge in [0.1, 0.15) is 11.8 Å². The third kappa shape index (κ3) is 3.22. The molecular weight excluding hydrogens is 252 g/mol. The number of carbonyl (C=O) groups is 1. The Morgan fingerprint density at radius 3 is 3.06 bits per heavy atom. The first kappa shape index (κ1) is 12.9. The molecule has 98 valence electrons. The molecule has 0 aromatic carbocycles. The van der Waals surface area contributed by atoms with Crippen molar-refractivity contribution >= 4 is 23.4 Å². The van der Waals surface area contributed by atoms with Crippen LogP contribution >= 0.6 is 11.3 Å². The molecule has 2 rings (SSSR count). The Morgan fingerprint density at radius 1 is 1.67 bits per heavy atom.